The third kappa shape index (κ3) is 6.22. The normalized spacial score (nSPS) is 20.6. The first-order chi connectivity index (χ1) is 17.7. The van der Waals surface area contributed by atoms with Crippen molar-refractivity contribution in [3.63, 3.8) is 0 Å². The predicted octanol–water partition coefficient (Wildman–Crippen LogP) is 7.49. The molecule has 0 N–H and O–H groups in total. The minimum Gasteiger partial charge on any atom is -0.358 e. The van der Waals surface area contributed by atoms with Gasteiger partial charge in [-0.15, -0.1) is 0 Å². The van der Waals surface area contributed by atoms with Gasteiger partial charge in [-0.3, -0.25) is 4.57 Å². The van der Waals surface area contributed by atoms with E-state index in [-0.39, 0.29) is 25.2 Å². The molecule has 7 heteroatoms. The maximum absolute atomic E-state index is 15.4. The minimum absolute atomic E-state index is 0.0558. The Morgan fingerprint density at radius 3 is 1.59 bits per heavy atom. The van der Waals surface area contributed by atoms with Crippen LogP contribution in [0.15, 0.2) is 91.0 Å². The van der Waals surface area contributed by atoms with E-state index in [9.17, 15) is 4.57 Å². The molecular weight excluding hydrogens is 490 g/mol. The molecule has 0 aromatic heterocycles. The van der Waals surface area contributed by atoms with Crippen LogP contribution in [0.2, 0.25) is 0 Å². The highest BCUT2D eigenvalue weighted by Gasteiger charge is 2.49. The van der Waals surface area contributed by atoms with Gasteiger partial charge in [0.1, 0.15) is 17.9 Å². The monoisotopic (exact) mass is 526 g/mol. The van der Waals surface area contributed by atoms with Crippen LogP contribution in [-0.4, -0.2) is 36.9 Å². The molecule has 1 aliphatic rings. The third-order valence-electron chi connectivity index (χ3n) is 6.24. The first-order valence-electron chi connectivity index (χ1n) is 12.8. The quantitative estimate of drug-likeness (QED) is 0.191. The summed E-state index contributed by atoms with van der Waals surface area (Å²) in [6.45, 7) is 7.03. The molecule has 3 aromatic rings. The Morgan fingerprint density at radius 2 is 1.22 bits per heavy atom. The fourth-order valence-corrected chi connectivity index (χ4v) is 7.02. The average Bonchev–Trinajstić information content (AvgIpc) is 3.27. The molecule has 4 rings (SSSR count). The second-order valence-corrected chi connectivity index (χ2v) is 11.9. The summed E-state index contributed by atoms with van der Waals surface area (Å²) in [5, 5.41) is 0. The van der Waals surface area contributed by atoms with Crippen LogP contribution in [0.1, 0.15) is 50.8 Å². The van der Waals surface area contributed by atoms with Crippen molar-refractivity contribution in [3.8, 4) is 0 Å². The lowest BCUT2D eigenvalue weighted by molar-refractivity contribution is -0.0672. The largest absolute Gasteiger partial charge is 0.359 e. The van der Waals surface area contributed by atoms with Crippen molar-refractivity contribution in [3.05, 3.63) is 108 Å². The molecule has 0 unspecified atom stereocenters. The lowest BCUT2D eigenvalue weighted by Gasteiger charge is -2.37. The lowest BCUT2D eigenvalue weighted by Crippen LogP contribution is -2.37. The highest BCUT2D eigenvalue weighted by atomic mass is 31.2. The van der Waals surface area contributed by atoms with Crippen LogP contribution in [0.25, 0.3) is 0 Å². The number of ether oxygens (including phenoxy) is 2. The maximum Gasteiger partial charge on any atom is 0.359 e. The summed E-state index contributed by atoms with van der Waals surface area (Å²) in [7, 11) is -3.71. The number of alkyl halides is 1. The molecule has 0 spiro atoms. The molecule has 0 saturated carbocycles. The standard InChI is InChI=1S/C30H36FO5P/c1-22(2)35-37(32,36-23(3)4)29-20-27(31)28(34-29)21-33-30(24-14-8-5-9-15-24,25-16-10-6-11-17-25)26-18-12-7-13-19-26/h5-19,22-23,27-29H,20-21H2,1-4H3/t27-,28-,29+/m1/s1. The number of rotatable bonds is 11. The number of hydrogen-bond donors (Lipinski definition) is 0. The van der Waals surface area contributed by atoms with Gasteiger partial charge >= 0.3 is 7.60 Å². The van der Waals surface area contributed by atoms with Crippen LogP contribution in [0, 0.1) is 0 Å². The van der Waals surface area contributed by atoms with Gasteiger partial charge < -0.3 is 18.5 Å². The highest BCUT2D eigenvalue weighted by molar-refractivity contribution is 7.54. The molecule has 0 radical (unpaired) electrons. The van der Waals surface area contributed by atoms with Crippen molar-refractivity contribution >= 4 is 7.60 Å². The molecule has 0 aliphatic carbocycles. The molecular formula is C30H36FO5P. The summed E-state index contributed by atoms with van der Waals surface area (Å²) in [5.41, 5.74) is 1.73. The Balaban J connectivity index is 1.67. The summed E-state index contributed by atoms with van der Waals surface area (Å²) in [4.78, 5) is 0. The second kappa shape index (κ2) is 12.0. The Labute approximate surface area is 219 Å². The van der Waals surface area contributed by atoms with Crippen molar-refractivity contribution in [1.29, 1.82) is 0 Å². The van der Waals surface area contributed by atoms with E-state index in [4.69, 9.17) is 18.5 Å². The topological polar surface area (TPSA) is 54.0 Å². The van der Waals surface area contributed by atoms with Gasteiger partial charge in [-0.2, -0.15) is 0 Å². The molecule has 198 valence electrons. The Hall–Kier alpha value is -2.34. The lowest BCUT2D eigenvalue weighted by atomic mass is 9.80. The third-order valence-corrected chi connectivity index (χ3v) is 8.70. The van der Waals surface area contributed by atoms with E-state index in [1.165, 1.54) is 0 Å². The molecule has 1 heterocycles. The summed E-state index contributed by atoms with van der Waals surface area (Å²) in [6, 6.07) is 29.7. The summed E-state index contributed by atoms with van der Waals surface area (Å²) >= 11 is 0. The van der Waals surface area contributed by atoms with Gasteiger partial charge in [-0.05, 0) is 44.4 Å². The minimum atomic E-state index is -3.71. The van der Waals surface area contributed by atoms with Crippen molar-refractivity contribution in [2.75, 3.05) is 6.61 Å². The molecule has 3 atom stereocenters. The fourth-order valence-electron chi connectivity index (χ4n) is 4.76. The van der Waals surface area contributed by atoms with E-state index < -0.39 is 31.3 Å². The molecule has 0 amide bonds. The van der Waals surface area contributed by atoms with Crippen molar-refractivity contribution in [1.82, 2.24) is 0 Å². The van der Waals surface area contributed by atoms with Crippen molar-refractivity contribution < 1.29 is 27.5 Å². The van der Waals surface area contributed by atoms with Crippen LogP contribution in [-0.2, 0) is 28.7 Å². The summed E-state index contributed by atoms with van der Waals surface area (Å²) in [5.74, 6) is -1.000. The van der Waals surface area contributed by atoms with Crippen LogP contribution in [0.3, 0.4) is 0 Å². The molecule has 5 nitrogen and oxygen atoms in total. The Morgan fingerprint density at radius 1 is 0.811 bits per heavy atom. The SMILES string of the molecule is CC(C)OP(=O)(OC(C)C)[C@H]1C[C@@H](F)[C@@H](COC(c2ccccc2)(c2ccccc2)c2ccccc2)O1. The van der Waals surface area contributed by atoms with Gasteiger partial charge in [0.25, 0.3) is 0 Å². The van der Waals surface area contributed by atoms with Crippen LogP contribution in [0.5, 0.6) is 0 Å². The van der Waals surface area contributed by atoms with E-state index in [2.05, 4.69) is 0 Å². The van der Waals surface area contributed by atoms with E-state index in [1.807, 2.05) is 91.0 Å². The number of hydrogen-bond acceptors (Lipinski definition) is 5. The average molecular weight is 527 g/mol. The molecule has 3 aromatic carbocycles. The molecule has 1 fully saturated rings. The molecule has 37 heavy (non-hydrogen) atoms. The first kappa shape index (κ1) is 27.7. The van der Waals surface area contributed by atoms with Gasteiger partial charge in [0.05, 0.1) is 18.8 Å². The van der Waals surface area contributed by atoms with E-state index in [0.717, 1.165) is 16.7 Å². The van der Waals surface area contributed by atoms with Gasteiger partial charge in [-0.1, -0.05) is 91.0 Å². The van der Waals surface area contributed by atoms with Crippen LogP contribution < -0.4 is 0 Å². The second-order valence-electron chi connectivity index (χ2n) is 9.82. The highest BCUT2D eigenvalue weighted by Crippen LogP contribution is 2.59. The Bertz CT molecular complexity index is 1050. The van der Waals surface area contributed by atoms with Crippen molar-refractivity contribution in [2.45, 2.75) is 70.0 Å². The van der Waals surface area contributed by atoms with E-state index >= 15 is 4.39 Å². The fraction of sp³-hybridized carbons (Fsp3) is 0.400. The zero-order valence-corrected chi connectivity index (χ0v) is 22.7. The zero-order chi connectivity index (χ0) is 26.5. The van der Waals surface area contributed by atoms with E-state index in [0.29, 0.717) is 0 Å². The smallest absolute Gasteiger partial charge is 0.358 e. The molecule has 1 saturated heterocycles. The van der Waals surface area contributed by atoms with Gasteiger partial charge in [0, 0.05) is 6.42 Å². The molecule has 0 bridgehead atoms. The van der Waals surface area contributed by atoms with Crippen molar-refractivity contribution in [2.24, 2.45) is 0 Å². The zero-order valence-electron chi connectivity index (χ0n) is 21.8. The predicted molar refractivity (Wildman–Crippen MR) is 143 cm³/mol. The summed E-state index contributed by atoms with van der Waals surface area (Å²) < 4.78 is 53.1. The van der Waals surface area contributed by atoms with Crippen LogP contribution >= 0.6 is 7.60 Å². The Kier molecular flexibility index (Phi) is 8.99. The molecule has 1 aliphatic heterocycles. The number of benzene rings is 3. The van der Waals surface area contributed by atoms with Gasteiger partial charge in [0.15, 0.2) is 5.85 Å². The van der Waals surface area contributed by atoms with Crippen LogP contribution in [0.4, 0.5) is 4.39 Å². The maximum atomic E-state index is 15.4. The number of halogens is 1. The first-order valence-corrected chi connectivity index (χ1v) is 14.4. The van der Waals surface area contributed by atoms with Gasteiger partial charge in [0.2, 0.25) is 0 Å². The summed E-state index contributed by atoms with van der Waals surface area (Å²) in [6.07, 6.45) is -3.11. The van der Waals surface area contributed by atoms with E-state index in [1.54, 1.807) is 27.7 Å². The van der Waals surface area contributed by atoms with Gasteiger partial charge in [-0.25, -0.2) is 4.39 Å².